The monoisotopic (exact) mass is 387 g/mol. The molecule has 0 saturated carbocycles. The molecule has 0 aliphatic carbocycles. The Bertz CT molecular complexity index is 732. The van der Waals surface area contributed by atoms with Crippen LogP contribution in [0.3, 0.4) is 0 Å². The molecule has 0 radical (unpaired) electrons. The number of hydrogen-bond donors (Lipinski definition) is 0. The Morgan fingerprint density at radius 1 is 1.31 bits per heavy atom. The van der Waals surface area contributed by atoms with E-state index in [1.165, 1.54) is 23.3 Å². The van der Waals surface area contributed by atoms with E-state index in [0.717, 1.165) is 6.07 Å². The molecule has 26 heavy (non-hydrogen) atoms. The van der Waals surface area contributed by atoms with Gasteiger partial charge in [-0.05, 0) is 38.8 Å². The molecule has 144 valence electrons. The van der Waals surface area contributed by atoms with Crippen molar-refractivity contribution in [1.82, 2.24) is 4.90 Å². The smallest absolute Gasteiger partial charge is 0.410 e. The fourth-order valence-corrected chi connectivity index (χ4v) is 3.61. The van der Waals surface area contributed by atoms with Gasteiger partial charge in [-0.2, -0.15) is 0 Å². The first-order chi connectivity index (χ1) is 12.0. The third-order valence-electron chi connectivity index (χ3n) is 4.07. The zero-order valence-electron chi connectivity index (χ0n) is 15.3. The van der Waals surface area contributed by atoms with Crippen molar-refractivity contribution in [2.24, 2.45) is 0 Å². The second kappa shape index (κ2) is 7.82. The largest absolute Gasteiger partial charge is 0.444 e. The number of amides is 1. The Kier molecular flexibility index (Phi) is 6.16. The van der Waals surface area contributed by atoms with E-state index in [1.807, 2.05) is 0 Å². The van der Waals surface area contributed by atoms with Gasteiger partial charge in [0.05, 0.1) is 11.8 Å². The Balaban J connectivity index is 2.31. The van der Waals surface area contributed by atoms with Crippen LogP contribution in [0.25, 0.3) is 0 Å². The van der Waals surface area contributed by atoms with E-state index in [2.05, 4.69) is 0 Å². The van der Waals surface area contributed by atoms with Crippen molar-refractivity contribution in [1.29, 1.82) is 0 Å². The molecule has 1 heterocycles. The Labute approximate surface area is 154 Å². The Morgan fingerprint density at radius 2 is 1.96 bits per heavy atom. The molecule has 3 atom stereocenters. The second-order valence-corrected chi connectivity index (χ2v) is 8.84. The van der Waals surface area contributed by atoms with Crippen LogP contribution in [0.4, 0.5) is 13.6 Å². The summed E-state index contributed by atoms with van der Waals surface area (Å²) in [7, 11) is -1.37. The number of benzene rings is 1. The summed E-state index contributed by atoms with van der Waals surface area (Å²) >= 11 is 0. The van der Waals surface area contributed by atoms with E-state index in [1.54, 1.807) is 20.8 Å². The van der Waals surface area contributed by atoms with Crippen LogP contribution < -0.4 is 0 Å². The summed E-state index contributed by atoms with van der Waals surface area (Å²) in [5.74, 6) is -3.08. The zero-order chi connectivity index (χ0) is 19.6. The van der Waals surface area contributed by atoms with Gasteiger partial charge in [0, 0.05) is 29.5 Å². The van der Waals surface area contributed by atoms with Crippen molar-refractivity contribution in [2.75, 3.05) is 18.6 Å². The van der Waals surface area contributed by atoms with Gasteiger partial charge in [0.1, 0.15) is 5.60 Å². The first kappa shape index (κ1) is 20.5. The summed E-state index contributed by atoms with van der Waals surface area (Å²) in [6.07, 6.45) is 0.835. The van der Waals surface area contributed by atoms with Crippen LogP contribution in [0.5, 0.6) is 0 Å². The number of carbonyl (C=O) groups excluding carboxylic acids is 2. The molecule has 0 aromatic heterocycles. The average molecular weight is 387 g/mol. The summed E-state index contributed by atoms with van der Waals surface area (Å²) in [4.78, 5) is 26.2. The van der Waals surface area contributed by atoms with Crippen LogP contribution in [0, 0.1) is 11.6 Å². The molecule has 1 unspecified atom stereocenters. The van der Waals surface area contributed by atoms with E-state index in [0.29, 0.717) is 0 Å². The number of rotatable bonds is 4. The number of ketones is 1. The maximum Gasteiger partial charge on any atom is 0.410 e. The number of Topliss-reactive ketones (excluding diaryl/α,β-unsaturated/α-hetero) is 1. The van der Waals surface area contributed by atoms with Gasteiger partial charge in [0.25, 0.3) is 0 Å². The highest BCUT2D eigenvalue weighted by molar-refractivity contribution is 7.85. The minimum atomic E-state index is -1.37. The van der Waals surface area contributed by atoms with Gasteiger partial charge < -0.3 is 4.74 Å². The van der Waals surface area contributed by atoms with Gasteiger partial charge in [-0.1, -0.05) is 12.1 Å². The first-order valence-corrected chi connectivity index (χ1v) is 9.98. The number of likely N-dealkylation sites (tertiary alicyclic amines) is 1. The third-order valence-corrected chi connectivity index (χ3v) is 4.76. The lowest BCUT2D eigenvalue weighted by molar-refractivity contribution is -0.120. The molecule has 1 aliphatic heterocycles. The topological polar surface area (TPSA) is 63.7 Å². The van der Waals surface area contributed by atoms with Crippen molar-refractivity contribution < 1.29 is 27.3 Å². The molecule has 5 nitrogen and oxygen atoms in total. The maximum absolute atomic E-state index is 14.1. The molecule has 0 spiro atoms. The molecule has 1 saturated heterocycles. The summed E-state index contributed by atoms with van der Waals surface area (Å²) < 4.78 is 44.4. The lowest BCUT2D eigenvalue weighted by Crippen LogP contribution is -2.44. The molecule has 8 heteroatoms. The molecule has 2 rings (SSSR count). The molecule has 1 aromatic carbocycles. The highest BCUT2D eigenvalue weighted by atomic mass is 32.2. The van der Waals surface area contributed by atoms with Gasteiger partial charge >= 0.3 is 6.09 Å². The first-order valence-electron chi connectivity index (χ1n) is 8.26. The molecule has 0 N–H and O–H groups in total. The van der Waals surface area contributed by atoms with Crippen molar-refractivity contribution in [2.45, 2.75) is 44.8 Å². The van der Waals surface area contributed by atoms with E-state index >= 15 is 0 Å². The molecule has 1 aliphatic rings. The van der Waals surface area contributed by atoms with Crippen molar-refractivity contribution >= 4 is 22.7 Å². The van der Waals surface area contributed by atoms with Gasteiger partial charge in [-0.3, -0.25) is 13.9 Å². The fraction of sp³-hybridized carbons (Fsp3) is 0.556. The molecule has 1 amide bonds. The summed E-state index contributed by atoms with van der Waals surface area (Å²) in [6, 6.07) is 2.98. The normalized spacial score (nSPS) is 21.5. The minimum Gasteiger partial charge on any atom is -0.444 e. The number of halogens is 2. The molecule has 0 bridgehead atoms. The van der Waals surface area contributed by atoms with Crippen LogP contribution >= 0.6 is 0 Å². The van der Waals surface area contributed by atoms with Crippen LogP contribution in [0.15, 0.2) is 18.2 Å². The predicted molar refractivity (Wildman–Crippen MR) is 94.4 cm³/mol. The van der Waals surface area contributed by atoms with Crippen molar-refractivity contribution in [3.8, 4) is 0 Å². The molecule has 1 aromatic rings. The lowest BCUT2D eigenvalue weighted by atomic mass is 9.95. The number of ether oxygens (including phenoxy) is 1. The quantitative estimate of drug-likeness (QED) is 0.797. The van der Waals surface area contributed by atoms with E-state index in [-0.39, 0.29) is 30.1 Å². The van der Waals surface area contributed by atoms with Crippen LogP contribution in [0.2, 0.25) is 0 Å². The second-order valence-electron chi connectivity index (χ2n) is 7.41. The van der Waals surface area contributed by atoms with Gasteiger partial charge in [-0.15, -0.1) is 0 Å². The Hall–Kier alpha value is -1.83. The maximum atomic E-state index is 14.1. The number of carbonyl (C=O) groups is 2. The van der Waals surface area contributed by atoms with Gasteiger partial charge in [-0.25, -0.2) is 13.6 Å². The SMILES string of the molecule is CS(=O)CC(=O)[C@@H]1C[C@@H](c2cccc(F)c2F)CN1C(=O)OC(C)(C)C. The van der Waals surface area contributed by atoms with Crippen LogP contribution in [-0.2, 0) is 20.3 Å². The zero-order valence-corrected chi connectivity index (χ0v) is 16.1. The molecular weight excluding hydrogens is 364 g/mol. The van der Waals surface area contributed by atoms with Gasteiger partial charge in [0.15, 0.2) is 17.4 Å². The number of nitrogens with zero attached hydrogens (tertiary/aromatic N) is 1. The molecular formula is C18H23F2NO4S. The van der Waals surface area contributed by atoms with E-state index < -0.39 is 46.1 Å². The minimum absolute atomic E-state index is 0.0298. The summed E-state index contributed by atoms with van der Waals surface area (Å²) in [5.41, 5.74) is -0.646. The van der Waals surface area contributed by atoms with E-state index in [9.17, 15) is 22.6 Å². The van der Waals surface area contributed by atoms with Crippen molar-refractivity contribution in [3.63, 3.8) is 0 Å². The van der Waals surface area contributed by atoms with Gasteiger partial charge in [0.2, 0.25) is 0 Å². The van der Waals surface area contributed by atoms with Crippen LogP contribution in [-0.4, -0.2) is 51.2 Å². The highest BCUT2D eigenvalue weighted by Gasteiger charge is 2.42. The van der Waals surface area contributed by atoms with Crippen LogP contribution in [0.1, 0.15) is 38.7 Å². The van der Waals surface area contributed by atoms with E-state index in [4.69, 9.17) is 4.74 Å². The average Bonchev–Trinajstić information content (AvgIpc) is 2.93. The predicted octanol–water partition coefficient (Wildman–Crippen LogP) is 3.01. The summed E-state index contributed by atoms with van der Waals surface area (Å²) in [5, 5.41) is 0. The standard InChI is InChI=1S/C18H23F2NO4S/c1-18(2,3)25-17(23)21-9-11(8-14(21)15(22)10-26(4)24)12-6-5-7-13(19)16(12)20/h5-7,11,14H,8-10H2,1-4H3/t11-,14+,26?/m1/s1. The lowest BCUT2D eigenvalue weighted by Gasteiger charge is -2.27. The van der Waals surface area contributed by atoms with Crippen molar-refractivity contribution in [3.05, 3.63) is 35.4 Å². The number of hydrogen-bond acceptors (Lipinski definition) is 4. The third kappa shape index (κ3) is 4.87. The molecule has 1 fully saturated rings. The highest BCUT2D eigenvalue weighted by Crippen LogP contribution is 2.35. The fourth-order valence-electron chi connectivity index (χ4n) is 3.02. The Morgan fingerprint density at radius 3 is 2.54 bits per heavy atom. The summed E-state index contributed by atoms with van der Waals surface area (Å²) in [6.45, 7) is 5.12.